The Labute approximate surface area is 100 Å². The van der Waals surface area contributed by atoms with Crippen LogP contribution < -0.4 is 11.5 Å². The summed E-state index contributed by atoms with van der Waals surface area (Å²) in [7, 11) is 0. The summed E-state index contributed by atoms with van der Waals surface area (Å²) >= 11 is 0. The van der Waals surface area contributed by atoms with Gasteiger partial charge in [0.2, 0.25) is 0 Å². The number of phenols is 2. The van der Waals surface area contributed by atoms with Gasteiger partial charge in [0.05, 0.1) is 0 Å². The summed E-state index contributed by atoms with van der Waals surface area (Å²) in [5, 5.41) is 17.7. The molecule has 0 unspecified atom stereocenters. The molecule has 0 atom stereocenters. The number of aromatic hydroxyl groups is 2. The van der Waals surface area contributed by atoms with Crippen molar-refractivity contribution in [3.63, 3.8) is 0 Å². The number of anilines is 2. The molecule has 4 heteroatoms. The van der Waals surface area contributed by atoms with Crippen LogP contribution >= 0.6 is 0 Å². The Kier molecular flexibility index (Phi) is 4.22. The first-order valence-corrected chi connectivity index (χ1v) is 5.09. The first-order valence-electron chi connectivity index (χ1n) is 5.09. The van der Waals surface area contributed by atoms with Crippen molar-refractivity contribution in [1.82, 2.24) is 0 Å². The lowest BCUT2D eigenvalue weighted by Crippen LogP contribution is -1.87. The van der Waals surface area contributed by atoms with E-state index in [2.05, 4.69) is 0 Å². The highest BCUT2D eigenvalue weighted by atomic mass is 16.3. The summed E-state index contributed by atoms with van der Waals surface area (Å²) < 4.78 is 0. The Morgan fingerprint density at radius 3 is 1.88 bits per heavy atom. The minimum absolute atomic E-state index is 0.249. The summed E-state index contributed by atoms with van der Waals surface area (Å²) in [5.74, 6) is 0.509. The lowest BCUT2D eigenvalue weighted by molar-refractivity contribution is 0.471. The fourth-order valence-electron chi connectivity index (χ4n) is 1.12. The first kappa shape index (κ1) is 12.7. The van der Waals surface area contributed by atoms with Crippen molar-refractivity contribution >= 4 is 11.4 Å². The van der Waals surface area contributed by atoms with Crippen molar-refractivity contribution in [1.29, 1.82) is 0 Å². The zero-order valence-corrected chi connectivity index (χ0v) is 9.59. The molecule has 0 aliphatic carbocycles. The molecule has 0 aliphatic rings. The number of phenolic OH excluding ortho intramolecular Hbond substituents is 2. The largest absolute Gasteiger partial charge is 0.508 e. The van der Waals surface area contributed by atoms with Crippen LogP contribution in [0.5, 0.6) is 11.5 Å². The molecule has 0 spiro atoms. The summed E-state index contributed by atoms with van der Waals surface area (Å²) in [4.78, 5) is 0. The van der Waals surface area contributed by atoms with E-state index < -0.39 is 0 Å². The van der Waals surface area contributed by atoms with E-state index in [4.69, 9.17) is 21.7 Å². The Hall–Kier alpha value is -2.36. The third-order valence-corrected chi connectivity index (χ3v) is 2.24. The van der Waals surface area contributed by atoms with Gasteiger partial charge in [0.15, 0.2) is 0 Å². The molecule has 6 N–H and O–H groups in total. The average molecular weight is 232 g/mol. The highest BCUT2D eigenvalue weighted by Gasteiger charge is 1.95. The Morgan fingerprint density at radius 1 is 0.882 bits per heavy atom. The average Bonchev–Trinajstić information content (AvgIpc) is 2.31. The predicted octanol–water partition coefficient (Wildman–Crippen LogP) is 2.26. The van der Waals surface area contributed by atoms with E-state index in [1.165, 1.54) is 0 Å². The van der Waals surface area contributed by atoms with Crippen LogP contribution in [0.15, 0.2) is 42.5 Å². The number of nitrogens with two attached hydrogens (primary N) is 2. The van der Waals surface area contributed by atoms with Crippen molar-refractivity contribution in [3.05, 3.63) is 48.0 Å². The molecular formula is C13H16N2O2. The van der Waals surface area contributed by atoms with E-state index in [0.717, 1.165) is 5.56 Å². The van der Waals surface area contributed by atoms with Gasteiger partial charge in [-0.1, -0.05) is 6.07 Å². The Balaban J connectivity index is 0.000000171. The highest BCUT2D eigenvalue weighted by molar-refractivity contribution is 5.52. The number of rotatable bonds is 0. The van der Waals surface area contributed by atoms with E-state index in [-0.39, 0.29) is 11.5 Å². The third kappa shape index (κ3) is 3.95. The van der Waals surface area contributed by atoms with Crippen LogP contribution in [0.1, 0.15) is 5.56 Å². The van der Waals surface area contributed by atoms with Crippen molar-refractivity contribution in [2.45, 2.75) is 6.92 Å². The second-order valence-electron chi connectivity index (χ2n) is 3.58. The van der Waals surface area contributed by atoms with Gasteiger partial charge in [-0.3, -0.25) is 0 Å². The van der Waals surface area contributed by atoms with E-state index in [0.29, 0.717) is 11.4 Å². The summed E-state index contributed by atoms with van der Waals surface area (Å²) in [6.07, 6.45) is 0. The van der Waals surface area contributed by atoms with E-state index in [1.807, 2.05) is 0 Å². The standard InChI is InChI=1S/C7H9NO.C6H7NO/c1-5-6(8)3-2-4-7(5)9;7-5-1-3-6(8)4-2-5/h2-4,9H,8H2,1H3;1-4,8H,7H2. The van der Waals surface area contributed by atoms with Crippen LogP contribution in [-0.4, -0.2) is 10.2 Å². The van der Waals surface area contributed by atoms with Crippen LogP contribution in [0.25, 0.3) is 0 Å². The monoisotopic (exact) mass is 232 g/mol. The smallest absolute Gasteiger partial charge is 0.120 e. The molecule has 0 saturated carbocycles. The van der Waals surface area contributed by atoms with Gasteiger partial charge < -0.3 is 21.7 Å². The lowest BCUT2D eigenvalue weighted by Gasteiger charge is -1.99. The zero-order chi connectivity index (χ0) is 12.8. The molecule has 0 fully saturated rings. The summed E-state index contributed by atoms with van der Waals surface area (Å²) in [6, 6.07) is 11.5. The van der Waals surface area contributed by atoms with Gasteiger partial charge in [-0.25, -0.2) is 0 Å². The van der Waals surface area contributed by atoms with Crippen molar-refractivity contribution in [2.24, 2.45) is 0 Å². The van der Waals surface area contributed by atoms with Crippen molar-refractivity contribution < 1.29 is 10.2 Å². The van der Waals surface area contributed by atoms with Gasteiger partial charge in [0, 0.05) is 16.9 Å². The van der Waals surface area contributed by atoms with Crippen LogP contribution in [-0.2, 0) is 0 Å². The molecule has 2 aromatic rings. The van der Waals surface area contributed by atoms with E-state index >= 15 is 0 Å². The molecule has 0 bridgehead atoms. The van der Waals surface area contributed by atoms with Gasteiger partial charge >= 0.3 is 0 Å². The molecule has 2 aromatic carbocycles. The number of nitrogen functional groups attached to an aromatic ring is 2. The molecule has 0 saturated heterocycles. The molecule has 17 heavy (non-hydrogen) atoms. The van der Waals surface area contributed by atoms with Gasteiger partial charge in [0.1, 0.15) is 11.5 Å². The molecular weight excluding hydrogens is 216 g/mol. The zero-order valence-electron chi connectivity index (χ0n) is 9.59. The molecule has 0 amide bonds. The molecule has 2 rings (SSSR count). The fourth-order valence-corrected chi connectivity index (χ4v) is 1.12. The first-order chi connectivity index (χ1) is 8.00. The molecule has 0 aromatic heterocycles. The maximum atomic E-state index is 9.02. The van der Waals surface area contributed by atoms with Crippen LogP contribution in [0, 0.1) is 6.92 Å². The molecule has 0 aliphatic heterocycles. The van der Waals surface area contributed by atoms with Crippen molar-refractivity contribution in [3.8, 4) is 11.5 Å². The Bertz CT molecular complexity index is 440. The number of hydrogen-bond donors (Lipinski definition) is 4. The van der Waals surface area contributed by atoms with Gasteiger partial charge in [-0.05, 0) is 43.3 Å². The van der Waals surface area contributed by atoms with E-state index in [9.17, 15) is 0 Å². The second kappa shape index (κ2) is 5.65. The minimum Gasteiger partial charge on any atom is -0.508 e. The lowest BCUT2D eigenvalue weighted by atomic mass is 10.2. The maximum absolute atomic E-state index is 9.02. The van der Waals surface area contributed by atoms with Crippen molar-refractivity contribution in [2.75, 3.05) is 11.5 Å². The summed E-state index contributed by atoms with van der Waals surface area (Å²) in [6.45, 7) is 1.78. The SMILES string of the molecule is Cc1c(N)cccc1O.Nc1ccc(O)cc1. The normalized spacial score (nSPS) is 9.24. The molecule has 0 radical (unpaired) electrons. The quantitative estimate of drug-likeness (QED) is 0.414. The second-order valence-corrected chi connectivity index (χ2v) is 3.58. The highest BCUT2D eigenvalue weighted by Crippen LogP contribution is 2.20. The van der Waals surface area contributed by atoms with E-state index in [1.54, 1.807) is 49.4 Å². The maximum Gasteiger partial charge on any atom is 0.120 e. The third-order valence-electron chi connectivity index (χ3n) is 2.24. The van der Waals surface area contributed by atoms with Gasteiger partial charge in [-0.2, -0.15) is 0 Å². The minimum atomic E-state index is 0.249. The molecule has 0 heterocycles. The number of benzene rings is 2. The molecule has 90 valence electrons. The topological polar surface area (TPSA) is 92.5 Å². The summed E-state index contributed by atoms with van der Waals surface area (Å²) in [5.41, 5.74) is 12.8. The fraction of sp³-hybridized carbons (Fsp3) is 0.0769. The predicted molar refractivity (Wildman–Crippen MR) is 69.8 cm³/mol. The van der Waals surface area contributed by atoms with Crippen LogP contribution in [0.2, 0.25) is 0 Å². The molecule has 4 nitrogen and oxygen atoms in total. The van der Waals surface area contributed by atoms with Crippen LogP contribution in [0.3, 0.4) is 0 Å². The van der Waals surface area contributed by atoms with Gasteiger partial charge in [0.25, 0.3) is 0 Å². The van der Waals surface area contributed by atoms with Crippen LogP contribution in [0.4, 0.5) is 11.4 Å². The van der Waals surface area contributed by atoms with Gasteiger partial charge in [-0.15, -0.1) is 0 Å². The Morgan fingerprint density at radius 2 is 1.47 bits per heavy atom. The number of hydrogen-bond acceptors (Lipinski definition) is 4.